The van der Waals surface area contributed by atoms with Crippen LogP contribution in [0.15, 0.2) is 16.6 Å². The number of hydrogen-bond donors (Lipinski definition) is 1. The zero-order chi connectivity index (χ0) is 12.3. The quantitative estimate of drug-likeness (QED) is 0.915. The van der Waals surface area contributed by atoms with Gasteiger partial charge in [-0.1, -0.05) is 35.0 Å². The summed E-state index contributed by atoms with van der Waals surface area (Å²) in [5, 5.41) is 8.81. The first-order valence-electron chi connectivity index (χ1n) is 5.40. The van der Waals surface area contributed by atoms with E-state index in [2.05, 4.69) is 41.9 Å². The summed E-state index contributed by atoms with van der Waals surface area (Å²) in [5.74, 6) is -0.991. The summed E-state index contributed by atoms with van der Waals surface area (Å²) >= 11 is 3.52. The average Bonchev–Trinajstić information content (AvgIpc) is 2.22. The normalized spacial score (nSPS) is 12.5. The molecule has 0 radical (unpaired) electrons. The lowest BCUT2D eigenvalue weighted by Gasteiger charge is -2.09. The monoisotopic (exact) mass is 284 g/mol. The van der Waals surface area contributed by atoms with Crippen molar-refractivity contribution in [2.24, 2.45) is 5.92 Å². The zero-order valence-electron chi connectivity index (χ0n) is 9.88. The Labute approximate surface area is 105 Å². The van der Waals surface area contributed by atoms with Gasteiger partial charge in [0.1, 0.15) is 0 Å². The highest BCUT2D eigenvalue weighted by Gasteiger charge is 2.11. The molecule has 2 nitrogen and oxygen atoms in total. The van der Waals surface area contributed by atoms with E-state index in [4.69, 9.17) is 5.11 Å². The Morgan fingerprint density at radius 1 is 1.38 bits per heavy atom. The summed E-state index contributed by atoms with van der Waals surface area (Å²) in [6.45, 7) is 5.86. The molecule has 3 heteroatoms. The highest BCUT2D eigenvalue weighted by molar-refractivity contribution is 9.10. The molecule has 0 aliphatic carbocycles. The molecular weight excluding hydrogens is 268 g/mol. The van der Waals surface area contributed by atoms with Crippen LogP contribution in [0.25, 0.3) is 0 Å². The molecule has 0 spiro atoms. The van der Waals surface area contributed by atoms with E-state index in [-0.39, 0.29) is 5.92 Å². The van der Waals surface area contributed by atoms with Crippen molar-refractivity contribution in [1.29, 1.82) is 0 Å². The molecule has 1 atom stereocenters. The lowest BCUT2D eigenvalue weighted by molar-refractivity contribution is -0.141. The van der Waals surface area contributed by atoms with Crippen LogP contribution in [0, 0.1) is 19.8 Å². The van der Waals surface area contributed by atoms with Crippen LogP contribution in [0.5, 0.6) is 0 Å². The molecule has 16 heavy (non-hydrogen) atoms. The van der Waals surface area contributed by atoms with Crippen LogP contribution in [0.4, 0.5) is 0 Å². The zero-order valence-corrected chi connectivity index (χ0v) is 11.5. The van der Waals surface area contributed by atoms with Crippen molar-refractivity contribution in [3.05, 3.63) is 33.3 Å². The number of rotatable bonds is 4. The summed E-state index contributed by atoms with van der Waals surface area (Å²) < 4.78 is 1.14. The summed E-state index contributed by atoms with van der Waals surface area (Å²) in [6, 6.07) is 4.23. The van der Waals surface area contributed by atoms with E-state index in [1.165, 1.54) is 16.7 Å². The predicted molar refractivity (Wildman–Crippen MR) is 68.7 cm³/mol. The van der Waals surface area contributed by atoms with Crippen molar-refractivity contribution < 1.29 is 9.90 Å². The van der Waals surface area contributed by atoms with Gasteiger partial charge in [0.05, 0.1) is 5.92 Å². The second kappa shape index (κ2) is 5.48. The second-order valence-corrected chi connectivity index (χ2v) is 5.11. The highest BCUT2D eigenvalue weighted by Crippen LogP contribution is 2.23. The van der Waals surface area contributed by atoms with Crippen LogP contribution < -0.4 is 0 Å². The summed E-state index contributed by atoms with van der Waals surface area (Å²) in [5.41, 5.74) is 3.63. The Morgan fingerprint density at radius 2 is 1.88 bits per heavy atom. The van der Waals surface area contributed by atoms with E-state index in [1.807, 2.05) is 0 Å². The third-order valence-corrected chi connectivity index (χ3v) is 4.03. The van der Waals surface area contributed by atoms with E-state index in [9.17, 15) is 4.79 Å². The van der Waals surface area contributed by atoms with Gasteiger partial charge in [-0.25, -0.2) is 0 Å². The molecule has 1 aromatic rings. The van der Waals surface area contributed by atoms with E-state index < -0.39 is 5.97 Å². The SMILES string of the molecule is Cc1cc(CCC(C)C(=O)O)cc(C)c1Br. The Morgan fingerprint density at radius 3 is 2.31 bits per heavy atom. The first kappa shape index (κ1) is 13.2. The topological polar surface area (TPSA) is 37.3 Å². The molecule has 1 unspecified atom stereocenters. The number of carboxylic acid groups (broad SMARTS) is 1. The maximum absolute atomic E-state index is 10.7. The van der Waals surface area contributed by atoms with Gasteiger partial charge in [-0.3, -0.25) is 4.79 Å². The van der Waals surface area contributed by atoms with Crippen molar-refractivity contribution >= 4 is 21.9 Å². The van der Waals surface area contributed by atoms with Crippen molar-refractivity contribution in [2.45, 2.75) is 33.6 Å². The first-order valence-corrected chi connectivity index (χ1v) is 6.19. The number of carboxylic acids is 1. The number of halogens is 1. The van der Waals surface area contributed by atoms with Crippen LogP contribution in [-0.4, -0.2) is 11.1 Å². The van der Waals surface area contributed by atoms with Gasteiger partial charge in [-0.05, 0) is 43.4 Å². The average molecular weight is 285 g/mol. The molecular formula is C13H17BrO2. The Kier molecular flexibility index (Phi) is 4.54. The van der Waals surface area contributed by atoms with E-state index in [0.29, 0.717) is 6.42 Å². The van der Waals surface area contributed by atoms with E-state index in [0.717, 1.165) is 10.9 Å². The fourth-order valence-corrected chi connectivity index (χ4v) is 1.92. The number of aryl methyl sites for hydroxylation is 3. The van der Waals surface area contributed by atoms with Gasteiger partial charge in [0.25, 0.3) is 0 Å². The fourth-order valence-electron chi connectivity index (χ4n) is 1.69. The van der Waals surface area contributed by atoms with Gasteiger partial charge in [0.2, 0.25) is 0 Å². The van der Waals surface area contributed by atoms with Gasteiger partial charge < -0.3 is 5.11 Å². The van der Waals surface area contributed by atoms with Crippen LogP contribution in [0.3, 0.4) is 0 Å². The van der Waals surface area contributed by atoms with Crippen molar-refractivity contribution in [3.63, 3.8) is 0 Å². The third-order valence-electron chi connectivity index (χ3n) is 2.78. The third kappa shape index (κ3) is 3.34. The fraction of sp³-hybridized carbons (Fsp3) is 0.462. The number of benzene rings is 1. The Hall–Kier alpha value is -0.830. The lowest BCUT2D eigenvalue weighted by Crippen LogP contribution is -2.10. The Balaban J connectivity index is 2.72. The summed E-state index contributed by atoms with van der Waals surface area (Å²) in [7, 11) is 0. The highest BCUT2D eigenvalue weighted by atomic mass is 79.9. The van der Waals surface area contributed by atoms with Crippen molar-refractivity contribution in [1.82, 2.24) is 0 Å². The standard InChI is InChI=1S/C13H17BrO2/c1-8(13(15)16)4-5-11-6-9(2)12(14)10(3)7-11/h6-8H,4-5H2,1-3H3,(H,15,16). The molecule has 0 saturated carbocycles. The van der Waals surface area contributed by atoms with Crippen LogP contribution >= 0.6 is 15.9 Å². The molecule has 1 aromatic carbocycles. The minimum Gasteiger partial charge on any atom is -0.481 e. The maximum atomic E-state index is 10.7. The molecule has 0 bridgehead atoms. The molecule has 88 valence electrons. The predicted octanol–water partition coefficient (Wildman–Crippen LogP) is 3.72. The molecule has 0 fully saturated rings. The molecule has 0 aliphatic rings. The largest absolute Gasteiger partial charge is 0.481 e. The van der Waals surface area contributed by atoms with Crippen LogP contribution in [-0.2, 0) is 11.2 Å². The minimum atomic E-state index is -0.717. The second-order valence-electron chi connectivity index (χ2n) is 4.32. The van der Waals surface area contributed by atoms with E-state index in [1.54, 1.807) is 6.92 Å². The summed E-state index contributed by atoms with van der Waals surface area (Å²) in [4.78, 5) is 10.7. The molecule has 0 saturated heterocycles. The molecule has 1 rings (SSSR count). The molecule has 0 heterocycles. The van der Waals surface area contributed by atoms with E-state index >= 15 is 0 Å². The first-order chi connectivity index (χ1) is 7.41. The van der Waals surface area contributed by atoms with Crippen molar-refractivity contribution in [3.8, 4) is 0 Å². The molecule has 0 aliphatic heterocycles. The van der Waals surface area contributed by atoms with Gasteiger partial charge >= 0.3 is 5.97 Å². The number of aliphatic carboxylic acids is 1. The molecule has 1 N–H and O–H groups in total. The number of hydrogen-bond acceptors (Lipinski definition) is 1. The van der Waals surface area contributed by atoms with Gasteiger partial charge in [-0.2, -0.15) is 0 Å². The molecule has 0 amide bonds. The smallest absolute Gasteiger partial charge is 0.306 e. The van der Waals surface area contributed by atoms with Crippen LogP contribution in [0.2, 0.25) is 0 Å². The van der Waals surface area contributed by atoms with Gasteiger partial charge in [0, 0.05) is 4.47 Å². The Bertz CT molecular complexity index is 376. The lowest BCUT2D eigenvalue weighted by atomic mass is 9.98. The van der Waals surface area contributed by atoms with Crippen molar-refractivity contribution in [2.75, 3.05) is 0 Å². The van der Waals surface area contributed by atoms with Crippen LogP contribution in [0.1, 0.15) is 30.0 Å². The minimum absolute atomic E-state index is 0.274. The number of carbonyl (C=O) groups is 1. The van der Waals surface area contributed by atoms with Gasteiger partial charge in [0.15, 0.2) is 0 Å². The maximum Gasteiger partial charge on any atom is 0.306 e. The van der Waals surface area contributed by atoms with Gasteiger partial charge in [-0.15, -0.1) is 0 Å². The molecule has 0 aromatic heterocycles. The summed E-state index contributed by atoms with van der Waals surface area (Å²) in [6.07, 6.45) is 1.51.